The van der Waals surface area contributed by atoms with E-state index >= 15 is 0 Å². The van der Waals surface area contributed by atoms with Gasteiger partial charge in [-0.1, -0.05) is 48.5 Å². The maximum atomic E-state index is 12.5. The molecule has 1 aromatic rings. The zero-order valence-corrected chi connectivity index (χ0v) is 16.9. The first kappa shape index (κ1) is 20.2. The molecule has 0 unspecified atom stereocenters. The molecule has 0 spiro atoms. The summed E-state index contributed by atoms with van der Waals surface area (Å²) in [4.78, 5) is 13.4. The van der Waals surface area contributed by atoms with Crippen molar-refractivity contribution in [3.63, 3.8) is 0 Å². The molecular formula is C18H28O3S2. The van der Waals surface area contributed by atoms with Crippen LogP contribution in [0.2, 0.25) is 0 Å². The number of esters is 1. The van der Waals surface area contributed by atoms with Gasteiger partial charge in [0.1, 0.15) is 5.75 Å². The molecule has 0 bridgehead atoms. The van der Waals surface area contributed by atoms with E-state index in [1.807, 2.05) is 48.5 Å². The second-order valence-electron chi connectivity index (χ2n) is 7.81. The monoisotopic (exact) mass is 356 g/mol. The highest BCUT2D eigenvalue weighted by Gasteiger charge is 2.34. The van der Waals surface area contributed by atoms with Crippen LogP contribution in [0.15, 0.2) is 9.79 Å². The lowest BCUT2D eigenvalue weighted by atomic mass is 9.78. The molecule has 0 amide bonds. The highest BCUT2D eigenvalue weighted by atomic mass is 32.1. The maximum absolute atomic E-state index is 12.5. The third kappa shape index (κ3) is 4.18. The third-order valence-electron chi connectivity index (χ3n) is 3.56. The number of carbonyl (C=O) groups is 1. The van der Waals surface area contributed by atoms with Gasteiger partial charge in [-0.15, -0.1) is 25.3 Å². The van der Waals surface area contributed by atoms with Crippen molar-refractivity contribution in [3.05, 3.63) is 16.7 Å². The average molecular weight is 357 g/mol. The van der Waals surface area contributed by atoms with Gasteiger partial charge in [0.25, 0.3) is 0 Å². The van der Waals surface area contributed by atoms with E-state index in [4.69, 9.17) is 4.74 Å². The van der Waals surface area contributed by atoms with E-state index < -0.39 is 5.97 Å². The van der Waals surface area contributed by atoms with Crippen molar-refractivity contribution in [2.75, 3.05) is 6.61 Å². The number of aromatic hydroxyl groups is 1. The van der Waals surface area contributed by atoms with Crippen LogP contribution in [0.4, 0.5) is 0 Å². The van der Waals surface area contributed by atoms with Crippen LogP contribution in [0.25, 0.3) is 0 Å². The molecule has 0 radical (unpaired) electrons. The zero-order valence-electron chi connectivity index (χ0n) is 15.1. The molecule has 0 saturated heterocycles. The van der Waals surface area contributed by atoms with E-state index in [2.05, 4.69) is 25.3 Å². The van der Waals surface area contributed by atoms with E-state index in [0.29, 0.717) is 33.1 Å². The van der Waals surface area contributed by atoms with E-state index in [-0.39, 0.29) is 16.6 Å². The maximum Gasteiger partial charge on any atom is 0.340 e. The van der Waals surface area contributed by atoms with Crippen LogP contribution in [-0.4, -0.2) is 17.7 Å². The first-order valence-electron chi connectivity index (χ1n) is 7.82. The number of ether oxygens (including phenoxy) is 1. The minimum atomic E-state index is -0.446. The van der Waals surface area contributed by atoms with E-state index in [1.165, 1.54) is 0 Å². The van der Waals surface area contributed by atoms with Crippen molar-refractivity contribution in [1.82, 2.24) is 0 Å². The molecule has 0 aliphatic heterocycles. The summed E-state index contributed by atoms with van der Waals surface area (Å²) in [6.07, 6.45) is 0.742. The minimum Gasteiger partial charge on any atom is -0.507 e. The largest absolute Gasteiger partial charge is 0.507 e. The Morgan fingerprint density at radius 3 is 1.70 bits per heavy atom. The first-order valence-corrected chi connectivity index (χ1v) is 8.72. The van der Waals surface area contributed by atoms with Gasteiger partial charge < -0.3 is 9.84 Å². The fraction of sp³-hybridized carbons (Fsp3) is 0.611. The molecule has 23 heavy (non-hydrogen) atoms. The molecule has 0 aromatic heterocycles. The number of carbonyl (C=O) groups excluding carboxylic acids is 1. The topological polar surface area (TPSA) is 46.5 Å². The summed E-state index contributed by atoms with van der Waals surface area (Å²) < 4.78 is 5.30. The SMILES string of the molecule is CCCOC(=O)c1c(S)c(C(C)(C)C)c(O)c(C(C)(C)C)c1S. The lowest BCUT2D eigenvalue weighted by Gasteiger charge is -2.31. The van der Waals surface area contributed by atoms with Gasteiger partial charge >= 0.3 is 5.97 Å². The van der Waals surface area contributed by atoms with Crippen LogP contribution < -0.4 is 0 Å². The Kier molecular flexibility index (Phi) is 6.14. The van der Waals surface area contributed by atoms with Crippen LogP contribution in [0.1, 0.15) is 76.4 Å². The Hall–Kier alpha value is -0.810. The van der Waals surface area contributed by atoms with Crippen molar-refractivity contribution in [2.45, 2.75) is 75.5 Å². The summed E-state index contributed by atoms with van der Waals surface area (Å²) in [5, 5.41) is 10.9. The number of phenolic OH excluding ortho intramolecular Hbond substituents is 1. The number of benzene rings is 1. The summed E-state index contributed by atoms with van der Waals surface area (Å²) in [5.41, 5.74) is 0.877. The molecule has 0 aliphatic carbocycles. The van der Waals surface area contributed by atoms with Crippen LogP contribution in [-0.2, 0) is 15.6 Å². The highest BCUT2D eigenvalue weighted by molar-refractivity contribution is 7.81. The number of phenols is 1. The smallest absolute Gasteiger partial charge is 0.340 e. The average Bonchev–Trinajstić information content (AvgIpc) is 2.32. The third-order valence-corrected chi connectivity index (χ3v) is 4.46. The van der Waals surface area contributed by atoms with E-state index in [1.54, 1.807) is 0 Å². The van der Waals surface area contributed by atoms with Gasteiger partial charge in [0, 0.05) is 20.9 Å². The quantitative estimate of drug-likeness (QED) is 0.519. The molecule has 0 fully saturated rings. The molecule has 0 saturated carbocycles. The molecule has 5 heteroatoms. The molecule has 1 aromatic carbocycles. The lowest BCUT2D eigenvalue weighted by molar-refractivity contribution is 0.0496. The number of hydrogen-bond acceptors (Lipinski definition) is 5. The van der Waals surface area contributed by atoms with Gasteiger partial charge in [-0.2, -0.15) is 0 Å². The van der Waals surface area contributed by atoms with Crippen molar-refractivity contribution in [1.29, 1.82) is 0 Å². The Morgan fingerprint density at radius 2 is 1.39 bits per heavy atom. The second-order valence-corrected chi connectivity index (χ2v) is 8.70. The second kappa shape index (κ2) is 6.98. The number of rotatable bonds is 3. The normalized spacial score (nSPS) is 12.4. The molecule has 0 heterocycles. The zero-order chi connectivity index (χ0) is 18.2. The van der Waals surface area contributed by atoms with Crippen LogP contribution in [0.3, 0.4) is 0 Å². The fourth-order valence-corrected chi connectivity index (χ4v) is 3.97. The van der Waals surface area contributed by atoms with Gasteiger partial charge in [0.05, 0.1) is 12.2 Å². The molecular weight excluding hydrogens is 328 g/mol. The Morgan fingerprint density at radius 1 is 1.00 bits per heavy atom. The van der Waals surface area contributed by atoms with E-state index in [0.717, 1.165) is 6.42 Å². The van der Waals surface area contributed by atoms with Crippen molar-refractivity contribution < 1.29 is 14.6 Å². The lowest BCUT2D eigenvalue weighted by Crippen LogP contribution is -2.22. The van der Waals surface area contributed by atoms with Crippen LogP contribution in [0.5, 0.6) is 5.75 Å². The summed E-state index contributed by atoms with van der Waals surface area (Å²) in [5.74, 6) is -0.287. The predicted octanol–water partition coefficient (Wildman–Crippen LogP) is 5.13. The number of hydrogen-bond donors (Lipinski definition) is 3. The first-order chi connectivity index (χ1) is 10.3. The van der Waals surface area contributed by atoms with Crippen molar-refractivity contribution in [2.24, 2.45) is 0 Å². The van der Waals surface area contributed by atoms with Crippen LogP contribution in [0, 0.1) is 0 Å². The molecule has 0 atom stereocenters. The predicted molar refractivity (Wildman–Crippen MR) is 101 cm³/mol. The summed E-state index contributed by atoms with van der Waals surface area (Å²) in [6.45, 7) is 14.2. The molecule has 3 nitrogen and oxygen atoms in total. The molecule has 130 valence electrons. The van der Waals surface area contributed by atoms with E-state index in [9.17, 15) is 9.90 Å². The van der Waals surface area contributed by atoms with Gasteiger partial charge in [-0.25, -0.2) is 4.79 Å². The molecule has 0 aliphatic rings. The summed E-state index contributed by atoms with van der Waals surface area (Å²) >= 11 is 9.08. The van der Waals surface area contributed by atoms with Gasteiger partial charge in [0.2, 0.25) is 0 Å². The standard InChI is InChI=1S/C18H28O3S2/c1-8-9-21-16(20)10-14(22)11(17(2,3)4)13(19)12(15(10)23)18(5,6)7/h19,22-23H,8-9H2,1-7H3. The van der Waals surface area contributed by atoms with Gasteiger partial charge in [-0.3, -0.25) is 0 Å². The Labute approximate surface area is 150 Å². The molecule has 1 rings (SSSR count). The summed E-state index contributed by atoms with van der Waals surface area (Å²) in [7, 11) is 0. The highest BCUT2D eigenvalue weighted by Crippen LogP contribution is 2.47. The minimum absolute atomic E-state index is 0.159. The summed E-state index contributed by atoms with van der Waals surface area (Å²) in [6, 6.07) is 0. The van der Waals surface area contributed by atoms with Crippen molar-refractivity contribution in [3.8, 4) is 5.75 Å². The van der Waals surface area contributed by atoms with Crippen molar-refractivity contribution >= 4 is 31.2 Å². The Balaban J connectivity index is 3.80. The Bertz CT molecular complexity index is 567. The number of thiol groups is 2. The van der Waals surface area contributed by atoms with Gasteiger partial charge in [0.15, 0.2) is 0 Å². The van der Waals surface area contributed by atoms with Gasteiger partial charge in [-0.05, 0) is 17.3 Å². The fourth-order valence-electron chi connectivity index (χ4n) is 2.59. The van der Waals surface area contributed by atoms with Crippen LogP contribution >= 0.6 is 25.3 Å². The molecule has 1 N–H and O–H groups in total.